The summed E-state index contributed by atoms with van der Waals surface area (Å²) in [7, 11) is -3.76. The molecule has 6 heteroatoms. The minimum absolute atomic E-state index is 0.0207. The fourth-order valence-electron chi connectivity index (χ4n) is 1.35. The molecule has 0 aliphatic carbocycles. The van der Waals surface area contributed by atoms with Crippen LogP contribution in [0.3, 0.4) is 0 Å². The van der Waals surface area contributed by atoms with E-state index < -0.39 is 10.1 Å². The van der Waals surface area contributed by atoms with Crippen molar-refractivity contribution in [2.45, 2.75) is 18.7 Å². The predicted molar refractivity (Wildman–Crippen MR) is 69.0 cm³/mol. The van der Waals surface area contributed by atoms with Crippen molar-refractivity contribution < 1.29 is 17.4 Å². The Morgan fingerprint density at radius 2 is 2.06 bits per heavy atom. The lowest BCUT2D eigenvalue weighted by atomic mass is 10.1. The third kappa shape index (κ3) is 4.58. The maximum atomic E-state index is 11.8. The van der Waals surface area contributed by atoms with Crippen molar-refractivity contribution in [1.29, 1.82) is 0 Å². The van der Waals surface area contributed by atoms with Gasteiger partial charge in [0.1, 0.15) is 0 Å². The van der Waals surface area contributed by atoms with E-state index in [4.69, 9.17) is 10.1 Å². The van der Waals surface area contributed by atoms with Gasteiger partial charge in [-0.15, -0.1) is 0 Å². The Bertz CT molecular complexity index is 519. The standard InChI is InChI=1S/C12H17NO4S/c1-10(2)8-11-4-3-5-12(9-11)18(14,15)17-7-6-16-13/h3-5,8-9H,6-7,13H2,1-2H3. The first kappa shape index (κ1) is 14.8. The van der Waals surface area contributed by atoms with Gasteiger partial charge in [-0.3, -0.25) is 4.18 Å². The second-order valence-corrected chi connectivity index (χ2v) is 5.56. The minimum atomic E-state index is -3.76. The van der Waals surface area contributed by atoms with Crippen molar-refractivity contribution in [3.63, 3.8) is 0 Å². The van der Waals surface area contributed by atoms with Crippen LogP contribution in [0.5, 0.6) is 0 Å². The molecule has 18 heavy (non-hydrogen) atoms. The van der Waals surface area contributed by atoms with Crippen molar-refractivity contribution in [3.05, 3.63) is 35.4 Å². The summed E-state index contributed by atoms with van der Waals surface area (Å²) in [4.78, 5) is 4.37. The molecule has 0 aliphatic rings. The van der Waals surface area contributed by atoms with E-state index in [1.165, 1.54) is 6.07 Å². The van der Waals surface area contributed by atoms with Crippen LogP contribution in [0.25, 0.3) is 6.08 Å². The SMILES string of the molecule is CC(C)=Cc1cccc(S(=O)(=O)OCCON)c1. The molecule has 0 aromatic heterocycles. The van der Waals surface area contributed by atoms with Crippen molar-refractivity contribution in [1.82, 2.24) is 0 Å². The van der Waals surface area contributed by atoms with Crippen LogP contribution in [0.2, 0.25) is 0 Å². The summed E-state index contributed by atoms with van der Waals surface area (Å²) in [5.74, 6) is 4.79. The van der Waals surface area contributed by atoms with Crippen molar-refractivity contribution in [3.8, 4) is 0 Å². The monoisotopic (exact) mass is 271 g/mol. The second-order valence-electron chi connectivity index (χ2n) is 3.94. The van der Waals surface area contributed by atoms with E-state index in [1.807, 2.05) is 26.0 Å². The van der Waals surface area contributed by atoms with Crippen LogP contribution < -0.4 is 5.90 Å². The van der Waals surface area contributed by atoms with Gasteiger partial charge in [0.05, 0.1) is 18.1 Å². The number of hydrogen-bond donors (Lipinski definition) is 1. The Morgan fingerprint density at radius 3 is 2.67 bits per heavy atom. The van der Waals surface area contributed by atoms with Crippen LogP contribution in [0.1, 0.15) is 19.4 Å². The zero-order chi connectivity index (χ0) is 13.6. The molecule has 0 amide bonds. The van der Waals surface area contributed by atoms with Gasteiger partial charge in [-0.25, -0.2) is 5.90 Å². The fourth-order valence-corrected chi connectivity index (χ4v) is 2.30. The van der Waals surface area contributed by atoms with Gasteiger partial charge in [-0.2, -0.15) is 8.42 Å². The number of benzene rings is 1. The molecule has 2 N–H and O–H groups in total. The maximum absolute atomic E-state index is 11.8. The largest absolute Gasteiger partial charge is 0.302 e. The highest BCUT2D eigenvalue weighted by molar-refractivity contribution is 7.86. The van der Waals surface area contributed by atoms with Gasteiger partial charge in [-0.05, 0) is 31.5 Å². The van der Waals surface area contributed by atoms with Crippen LogP contribution >= 0.6 is 0 Å². The van der Waals surface area contributed by atoms with Crippen LogP contribution in [0, 0.1) is 0 Å². The molecule has 1 rings (SSSR count). The Balaban J connectivity index is 2.92. The topological polar surface area (TPSA) is 78.6 Å². The van der Waals surface area contributed by atoms with Gasteiger partial charge < -0.3 is 4.84 Å². The van der Waals surface area contributed by atoms with E-state index in [0.717, 1.165) is 11.1 Å². The molecule has 0 fully saturated rings. The zero-order valence-corrected chi connectivity index (χ0v) is 11.2. The lowest BCUT2D eigenvalue weighted by Gasteiger charge is -2.05. The molecule has 0 saturated heterocycles. The molecule has 100 valence electrons. The minimum Gasteiger partial charge on any atom is -0.302 e. The van der Waals surface area contributed by atoms with Crippen molar-refractivity contribution in [2.24, 2.45) is 5.90 Å². The highest BCUT2D eigenvalue weighted by atomic mass is 32.2. The molecule has 0 aliphatic heterocycles. The highest BCUT2D eigenvalue weighted by Gasteiger charge is 2.14. The first-order valence-corrected chi connectivity index (χ1v) is 6.82. The molecule has 1 aromatic carbocycles. The summed E-state index contributed by atoms with van der Waals surface area (Å²) < 4.78 is 28.4. The molecule has 0 heterocycles. The van der Waals surface area contributed by atoms with Gasteiger partial charge in [0, 0.05) is 0 Å². The van der Waals surface area contributed by atoms with Crippen molar-refractivity contribution in [2.75, 3.05) is 13.2 Å². The number of hydrogen-bond acceptors (Lipinski definition) is 5. The summed E-state index contributed by atoms with van der Waals surface area (Å²) in [5, 5.41) is 0. The van der Waals surface area contributed by atoms with E-state index in [1.54, 1.807) is 12.1 Å². The quantitative estimate of drug-likeness (QED) is 0.484. The summed E-state index contributed by atoms with van der Waals surface area (Å²) in [6.07, 6.45) is 1.89. The molecule has 0 spiro atoms. The first-order valence-electron chi connectivity index (χ1n) is 5.42. The molecular formula is C12H17NO4S. The Morgan fingerprint density at radius 1 is 1.33 bits per heavy atom. The smallest absolute Gasteiger partial charge is 0.297 e. The average Bonchev–Trinajstić information content (AvgIpc) is 2.28. The molecule has 0 saturated carbocycles. The summed E-state index contributed by atoms with van der Waals surface area (Å²) in [6, 6.07) is 6.55. The predicted octanol–water partition coefficient (Wildman–Crippen LogP) is 1.71. The maximum Gasteiger partial charge on any atom is 0.297 e. The zero-order valence-electron chi connectivity index (χ0n) is 10.4. The molecule has 1 aromatic rings. The third-order valence-corrected chi connectivity index (χ3v) is 3.35. The summed E-state index contributed by atoms with van der Waals surface area (Å²) >= 11 is 0. The highest BCUT2D eigenvalue weighted by Crippen LogP contribution is 2.16. The first-order chi connectivity index (χ1) is 8.45. The molecule has 0 unspecified atom stereocenters. The molecular weight excluding hydrogens is 254 g/mol. The molecule has 0 radical (unpaired) electrons. The van der Waals surface area contributed by atoms with Crippen LogP contribution in [-0.4, -0.2) is 21.6 Å². The Kier molecular flexibility index (Phi) is 5.49. The van der Waals surface area contributed by atoms with Gasteiger partial charge in [0.15, 0.2) is 0 Å². The molecule has 0 atom stereocenters. The Hall–Kier alpha value is -1.21. The van der Waals surface area contributed by atoms with E-state index in [0.29, 0.717) is 0 Å². The fraction of sp³-hybridized carbons (Fsp3) is 0.333. The lowest BCUT2D eigenvalue weighted by molar-refractivity contribution is 0.104. The third-order valence-electron chi connectivity index (χ3n) is 2.04. The van der Waals surface area contributed by atoms with Crippen LogP contribution in [0.15, 0.2) is 34.7 Å². The lowest BCUT2D eigenvalue weighted by Crippen LogP contribution is -2.13. The van der Waals surface area contributed by atoms with Gasteiger partial charge >= 0.3 is 0 Å². The van der Waals surface area contributed by atoms with Crippen LogP contribution in [0.4, 0.5) is 0 Å². The molecule has 0 bridgehead atoms. The number of allylic oxidation sites excluding steroid dienone is 1. The van der Waals surface area contributed by atoms with Crippen LogP contribution in [-0.2, 0) is 19.1 Å². The van der Waals surface area contributed by atoms with E-state index in [-0.39, 0.29) is 18.1 Å². The van der Waals surface area contributed by atoms with E-state index >= 15 is 0 Å². The average molecular weight is 271 g/mol. The summed E-state index contributed by atoms with van der Waals surface area (Å²) in [6.45, 7) is 3.80. The van der Waals surface area contributed by atoms with Gasteiger partial charge in [-0.1, -0.05) is 23.8 Å². The summed E-state index contributed by atoms with van der Waals surface area (Å²) in [5.41, 5.74) is 1.90. The van der Waals surface area contributed by atoms with Gasteiger partial charge in [0.25, 0.3) is 10.1 Å². The van der Waals surface area contributed by atoms with E-state index in [9.17, 15) is 8.42 Å². The van der Waals surface area contributed by atoms with Crippen molar-refractivity contribution >= 4 is 16.2 Å². The normalized spacial score (nSPS) is 11.3. The number of rotatable bonds is 6. The van der Waals surface area contributed by atoms with Gasteiger partial charge in [0.2, 0.25) is 0 Å². The number of nitrogens with two attached hydrogens (primary N) is 1. The Labute approximate surface area is 107 Å². The second kappa shape index (κ2) is 6.65. The van der Waals surface area contributed by atoms with E-state index in [2.05, 4.69) is 4.84 Å². The molecule has 5 nitrogen and oxygen atoms in total.